The SMILES string of the molecule is CCCc1ccc2cccc(CCC)c2c1S(=O)(=O)[O-].CCCc1ccc2cccc(CCC)c2c1S(=O)(=O)[O-].[Ca+2]. The predicted octanol–water partition coefficient (Wildman–Crippen LogP) is 6.92. The Morgan fingerprint density at radius 1 is 0.488 bits per heavy atom. The van der Waals surface area contributed by atoms with Crippen LogP contribution in [0.1, 0.15) is 75.6 Å². The molecule has 0 saturated carbocycles. The van der Waals surface area contributed by atoms with Gasteiger partial charge in [0.15, 0.2) is 0 Å². The van der Waals surface area contributed by atoms with Crippen LogP contribution < -0.4 is 0 Å². The molecule has 0 saturated heterocycles. The van der Waals surface area contributed by atoms with Crippen molar-refractivity contribution in [1.29, 1.82) is 0 Å². The molecule has 0 aromatic heterocycles. The number of fused-ring (bicyclic) bond motifs is 2. The van der Waals surface area contributed by atoms with E-state index in [0.717, 1.165) is 60.4 Å². The fraction of sp³-hybridized carbons (Fsp3) is 0.375. The van der Waals surface area contributed by atoms with Crippen molar-refractivity contribution in [1.82, 2.24) is 0 Å². The molecule has 0 fully saturated rings. The standard InChI is InChI=1S/2C16H20O3S.Ca/c2*1-3-6-12-8-5-9-13-10-11-14(7-4-2)16(15(12)13)20(17,18)19;/h2*5,8-11H,3-4,6-7H2,1-2H3,(H,17,18,19);/q;;+2/p-2. The second-order valence-corrected chi connectivity index (χ2v) is 12.7. The van der Waals surface area contributed by atoms with Gasteiger partial charge in [0.05, 0.1) is 9.79 Å². The Bertz CT molecular complexity index is 1570. The van der Waals surface area contributed by atoms with Crippen molar-refractivity contribution < 1.29 is 25.9 Å². The summed E-state index contributed by atoms with van der Waals surface area (Å²) in [6, 6.07) is 18.7. The summed E-state index contributed by atoms with van der Waals surface area (Å²) >= 11 is 0. The maximum atomic E-state index is 11.7. The van der Waals surface area contributed by atoms with Gasteiger partial charge < -0.3 is 9.11 Å². The van der Waals surface area contributed by atoms with Crippen molar-refractivity contribution in [2.24, 2.45) is 0 Å². The van der Waals surface area contributed by atoms with Gasteiger partial charge in [-0.3, -0.25) is 0 Å². The van der Waals surface area contributed by atoms with E-state index >= 15 is 0 Å². The third-order valence-electron chi connectivity index (χ3n) is 6.91. The molecule has 0 unspecified atom stereocenters. The number of hydrogen-bond acceptors (Lipinski definition) is 6. The largest absolute Gasteiger partial charge is 2.00 e. The fourth-order valence-electron chi connectivity index (χ4n) is 5.38. The van der Waals surface area contributed by atoms with E-state index in [9.17, 15) is 25.9 Å². The van der Waals surface area contributed by atoms with E-state index in [1.165, 1.54) is 0 Å². The second-order valence-electron chi connectivity index (χ2n) is 10.0. The molecule has 6 nitrogen and oxygen atoms in total. The molecule has 0 radical (unpaired) electrons. The second kappa shape index (κ2) is 15.8. The van der Waals surface area contributed by atoms with Crippen molar-refractivity contribution in [2.45, 2.75) is 88.9 Å². The van der Waals surface area contributed by atoms with Gasteiger partial charge in [0.25, 0.3) is 0 Å². The Labute approximate surface area is 275 Å². The molecule has 41 heavy (non-hydrogen) atoms. The normalized spacial score (nSPS) is 11.7. The zero-order chi connectivity index (χ0) is 29.5. The van der Waals surface area contributed by atoms with Crippen LogP contribution in [0, 0.1) is 0 Å². The molecule has 0 aliphatic heterocycles. The van der Waals surface area contributed by atoms with E-state index in [0.29, 0.717) is 34.7 Å². The third kappa shape index (κ3) is 8.75. The van der Waals surface area contributed by atoms with Crippen LogP contribution in [0.3, 0.4) is 0 Å². The molecular weight excluding hydrogens is 585 g/mol. The molecular formula is C32H38CaO6S2. The van der Waals surface area contributed by atoms with Crippen molar-refractivity contribution in [3.05, 3.63) is 82.9 Å². The van der Waals surface area contributed by atoms with Crippen LogP contribution in [0.2, 0.25) is 0 Å². The monoisotopic (exact) mass is 622 g/mol. The average Bonchev–Trinajstić information content (AvgIpc) is 2.89. The molecule has 0 aliphatic rings. The van der Waals surface area contributed by atoms with Gasteiger partial charge in [0.2, 0.25) is 0 Å². The zero-order valence-corrected chi connectivity index (χ0v) is 28.2. The number of benzene rings is 4. The van der Waals surface area contributed by atoms with Gasteiger partial charge >= 0.3 is 37.7 Å². The van der Waals surface area contributed by atoms with Crippen molar-refractivity contribution in [3.8, 4) is 0 Å². The first-order valence-electron chi connectivity index (χ1n) is 14.0. The summed E-state index contributed by atoms with van der Waals surface area (Å²) in [4.78, 5) is -0.0261. The molecule has 4 rings (SSSR count). The number of rotatable bonds is 10. The van der Waals surface area contributed by atoms with Crippen LogP contribution in [-0.4, -0.2) is 63.7 Å². The van der Waals surface area contributed by atoms with E-state index in [2.05, 4.69) is 0 Å². The molecule has 4 aromatic carbocycles. The summed E-state index contributed by atoms with van der Waals surface area (Å²) in [5.74, 6) is 0. The zero-order valence-electron chi connectivity index (χ0n) is 24.4. The minimum atomic E-state index is -4.47. The van der Waals surface area contributed by atoms with Crippen molar-refractivity contribution in [3.63, 3.8) is 0 Å². The van der Waals surface area contributed by atoms with Gasteiger partial charge in [-0.1, -0.05) is 114 Å². The molecule has 9 heteroatoms. The maximum Gasteiger partial charge on any atom is 2.00 e. The first-order chi connectivity index (χ1) is 19.0. The predicted molar refractivity (Wildman–Crippen MR) is 166 cm³/mol. The minimum absolute atomic E-state index is 0. The van der Waals surface area contributed by atoms with Crippen LogP contribution in [0.5, 0.6) is 0 Å². The van der Waals surface area contributed by atoms with E-state index in [1.807, 2.05) is 76.2 Å². The molecule has 4 aromatic rings. The first kappa shape index (κ1) is 35.7. The molecule has 216 valence electrons. The van der Waals surface area contributed by atoms with Crippen LogP contribution in [0.15, 0.2) is 70.5 Å². The first-order valence-corrected chi connectivity index (χ1v) is 16.8. The summed E-state index contributed by atoms with van der Waals surface area (Å²) in [6.07, 6.45) is 6.20. The quantitative estimate of drug-likeness (QED) is 0.140. The molecule has 0 bridgehead atoms. The molecule has 0 amide bonds. The molecule has 0 N–H and O–H groups in total. The van der Waals surface area contributed by atoms with E-state index in [-0.39, 0.29) is 47.5 Å². The third-order valence-corrected chi connectivity index (χ3v) is 8.84. The molecule has 0 aliphatic carbocycles. The molecule has 0 heterocycles. The molecule has 0 atom stereocenters. The summed E-state index contributed by atoms with van der Waals surface area (Å²) in [5.41, 5.74) is 3.16. The van der Waals surface area contributed by atoms with Crippen LogP contribution in [0.4, 0.5) is 0 Å². The Hall–Kier alpha value is -1.52. The van der Waals surface area contributed by atoms with Gasteiger partial charge in [-0.05, 0) is 58.7 Å². The van der Waals surface area contributed by atoms with Gasteiger partial charge in [-0.15, -0.1) is 0 Å². The Balaban J connectivity index is 0.000000280. The fourth-order valence-corrected chi connectivity index (χ4v) is 7.36. The number of hydrogen-bond donors (Lipinski definition) is 0. The summed E-state index contributed by atoms with van der Waals surface area (Å²) in [6.45, 7) is 8.03. The van der Waals surface area contributed by atoms with E-state index in [4.69, 9.17) is 0 Å². The van der Waals surface area contributed by atoms with Gasteiger partial charge in [-0.2, -0.15) is 0 Å². The van der Waals surface area contributed by atoms with Crippen molar-refractivity contribution in [2.75, 3.05) is 0 Å². The average molecular weight is 623 g/mol. The van der Waals surface area contributed by atoms with Gasteiger partial charge in [0.1, 0.15) is 20.2 Å². The maximum absolute atomic E-state index is 11.7. The van der Waals surface area contributed by atoms with Crippen LogP contribution in [0.25, 0.3) is 21.5 Å². The van der Waals surface area contributed by atoms with Crippen LogP contribution in [-0.2, 0) is 45.9 Å². The summed E-state index contributed by atoms with van der Waals surface area (Å²) in [5, 5.41) is 2.89. The Morgan fingerprint density at radius 3 is 1.10 bits per heavy atom. The molecule has 0 spiro atoms. The van der Waals surface area contributed by atoms with E-state index < -0.39 is 20.2 Å². The number of aryl methyl sites for hydroxylation is 4. The Kier molecular flexibility index (Phi) is 13.8. The van der Waals surface area contributed by atoms with Crippen molar-refractivity contribution >= 4 is 79.5 Å². The summed E-state index contributed by atoms with van der Waals surface area (Å²) in [7, 11) is -8.95. The Morgan fingerprint density at radius 2 is 0.805 bits per heavy atom. The van der Waals surface area contributed by atoms with Crippen LogP contribution >= 0.6 is 0 Å². The minimum Gasteiger partial charge on any atom is -0.744 e. The topological polar surface area (TPSA) is 114 Å². The van der Waals surface area contributed by atoms with Gasteiger partial charge in [0, 0.05) is 10.8 Å². The summed E-state index contributed by atoms with van der Waals surface area (Å²) < 4.78 is 70.5. The van der Waals surface area contributed by atoms with E-state index in [1.54, 1.807) is 12.1 Å². The smallest absolute Gasteiger partial charge is 0.744 e. The van der Waals surface area contributed by atoms with Gasteiger partial charge in [-0.25, -0.2) is 16.8 Å².